The number of hydrogen-bond acceptors (Lipinski definition) is 4. The Morgan fingerprint density at radius 3 is 2.50 bits per heavy atom. The Balaban J connectivity index is 2.46. The first-order valence-electron chi connectivity index (χ1n) is 5.50. The Labute approximate surface area is 105 Å². The zero-order chi connectivity index (χ0) is 13.2. The third-order valence-corrected chi connectivity index (χ3v) is 2.68. The molecule has 0 aliphatic rings. The molecule has 0 saturated carbocycles. The van der Waals surface area contributed by atoms with Crippen LogP contribution in [-0.4, -0.2) is 26.0 Å². The van der Waals surface area contributed by atoms with Crippen LogP contribution in [-0.2, 0) is 10.2 Å². The van der Waals surface area contributed by atoms with Crippen LogP contribution in [0.4, 0.5) is 0 Å². The van der Waals surface area contributed by atoms with Crippen molar-refractivity contribution in [2.24, 2.45) is 0 Å². The lowest BCUT2D eigenvalue weighted by atomic mass is 9.92. The van der Waals surface area contributed by atoms with E-state index in [1.807, 2.05) is 18.2 Å². The van der Waals surface area contributed by atoms with Crippen molar-refractivity contribution in [2.75, 3.05) is 0 Å². The molecule has 0 radical (unpaired) electrons. The summed E-state index contributed by atoms with van der Waals surface area (Å²) in [6.07, 6.45) is 3.22. The fourth-order valence-corrected chi connectivity index (χ4v) is 1.41. The molecule has 0 aliphatic heterocycles. The van der Waals surface area contributed by atoms with Gasteiger partial charge in [-0.3, -0.25) is 9.78 Å². The van der Waals surface area contributed by atoms with E-state index < -0.39 is 11.4 Å². The van der Waals surface area contributed by atoms with Crippen molar-refractivity contribution in [3.05, 3.63) is 42.5 Å². The van der Waals surface area contributed by atoms with Gasteiger partial charge < -0.3 is 5.11 Å². The second kappa shape index (κ2) is 4.52. The molecule has 0 fully saturated rings. The molecule has 0 aromatic carbocycles. The van der Waals surface area contributed by atoms with E-state index >= 15 is 0 Å². The fraction of sp³-hybridized carbons (Fsp3) is 0.231. The number of aliphatic carboxylic acids is 1. The van der Waals surface area contributed by atoms with Gasteiger partial charge in [-0.25, -0.2) is 9.97 Å². The van der Waals surface area contributed by atoms with E-state index in [-0.39, 0.29) is 5.82 Å². The summed E-state index contributed by atoms with van der Waals surface area (Å²) >= 11 is 0. The highest BCUT2D eigenvalue weighted by molar-refractivity contribution is 5.79. The van der Waals surface area contributed by atoms with Crippen molar-refractivity contribution in [2.45, 2.75) is 19.3 Å². The molecule has 2 heterocycles. The smallest absolute Gasteiger partial charge is 0.316 e. The first-order valence-corrected chi connectivity index (χ1v) is 5.50. The minimum Gasteiger partial charge on any atom is -0.481 e. The van der Waals surface area contributed by atoms with Gasteiger partial charge in [0.2, 0.25) is 0 Å². The van der Waals surface area contributed by atoms with Crippen molar-refractivity contribution in [1.29, 1.82) is 0 Å². The first-order chi connectivity index (χ1) is 8.51. The van der Waals surface area contributed by atoms with E-state index in [4.69, 9.17) is 5.11 Å². The molecular weight excluding hydrogens is 230 g/mol. The molecule has 2 aromatic heterocycles. The number of carboxylic acid groups (broad SMARTS) is 1. The summed E-state index contributed by atoms with van der Waals surface area (Å²) in [6.45, 7) is 3.15. The number of aromatic nitrogens is 3. The van der Waals surface area contributed by atoms with Gasteiger partial charge in [0.05, 0.1) is 11.4 Å². The van der Waals surface area contributed by atoms with E-state index in [1.54, 1.807) is 32.3 Å². The quantitative estimate of drug-likeness (QED) is 0.891. The van der Waals surface area contributed by atoms with Crippen molar-refractivity contribution >= 4 is 5.97 Å². The van der Waals surface area contributed by atoms with E-state index in [0.29, 0.717) is 11.4 Å². The van der Waals surface area contributed by atoms with Crippen LogP contribution in [0.25, 0.3) is 11.4 Å². The second-order valence-electron chi connectivity index (χ2n) is 4.41. The SMILES string of the molecule is CC(C)(C(=O)O)c1nccc(-c2ccccn2)n1. The Hall–Kier alpha value is -2.30. The van der Waals surface area contributed by atoms with Crippen LogP contribution in [0.3, 0.4) is 0 Å². The lowest BCUT2D eigenvalue weighted by Crippen LogP contribution is -2.30. The van der Waals surface area contributed by atoms with Gasteiger partial charge in [0, 0.05) is 12.4 Å². The summed E-state index contributed by atoms with van der Waals surface area (Å²) in [7, 11) is 0. The van der Waals surface area contributed by atoms with Crippen LogP contribution in [0.1, 0.15) is 19.7 Å². The lowest BCUT2D eigenvalue weighted by Gasteiger charge is -2.17. The molecule has 2 rings (SSSR count). The van der Waals surface area contributed by atoms with Gasteiger partial charge in [-0.15, -0.1) is 0 Å². The van der Waals surface area contributed by atoms with Crippen LogP contribution in [0.2, 0.25) is 0 Å². The van der Waals surface area contributed by atoms with Crippen molar-refractivity contribution < 1.29 is 9.90 Å². The summed E-state index contributed by atoms with van der Waals surface area (Å²) in [6, 6.07) is 7.20. The summed E-state index contributed by atoms with van der Waals surface area (Å²) in [5, 5.41) is 9.16. The fourth-order valence-electron chi connectivity index (χ4n) is 1.41. The predicted molar refractivity (Wildman–Crippen MR) is 65.9 cm³/mol. The molecule has 0 aliphatic carbocycles. The highest BCUT2D eigenvalue weighted by Crippen LogP contribution is 2.22. The summed E-state index contributed by atoms with van der Waals surface area (Å²) in [4.78, 5) is 23.7. The molecule has 0 saturated heterocycles. The predicted octanol–water partition coefficient (Wildman–Crippen LogP) is 1.90. The van der Waals surface area contributed by atoms with Gasteiger partial charge in [0.1, 0.15) is 11.2 Å². The number of carboxylic acids is 1. The average molecular weight is 243 g/mol. The van der Waals surface area contributed by atoms with E-state index in [0.717, 1.165) is 0 Å². The third-order valence-electron chi connectivity index (χ3n) is 2.68. The maximum absolute atomic E-state index is 11.2. The molecular formula is C13H13N3O2. The van der Waals surface area contributed by atoms with Crippen LogP contribution in [0.5, 0.6) is 0 Å². The topological polar surface area (TPSA) is 76.0 Å². The Morgan fingerprint density at radius 2 is 1.89 bits per heavy atom. The van der Waals surface area contributed by atoms with Crippen LogP contribution < -0.4 is 0 Å². The zero-order valence-electron chi connectivity index (χ0n) is 10.2. The van der Waals surface area contributed by atoms with Crippen molar-refractivity contribution in [3.8, 4) is 11.4 Å². The molecule has 5 heteroatoms. The van der Waals surface area contributed by atoms with Gasteiger partial charge in [-0.2, -0.15) is 0 Å². The highest BCUT2D eigenvalue weighted by atomic mass is 16.4. The van der Waals surface area contributed by atoms with Gasteiger partial charge in [0.15, 0.2) is 0 Å². The van der Waals surface area contributed by atoms with Crippen LogP contribution >= 0.6 is 0 Å². The second-order valence-corrected chi connectivity index (χ2v) is 4.41. The zero-order valence-corrected chi connectivity index (χ0v) is 10.2. The largest absolute Gasteiger partial charge is 0.481 e. The molecule has 92 valence electrons. The molecule has 2 aromatic rings. The summed E-state index contributed by atoms with van der Waals surface area (Å²) in [5.41, 5.74) is 0.197. The Morgan fingerprint density at radius 1 is 1.11 bits per heavy atom. The van der Waals surface area contributed by atoms with E-state index in [2.05, 4.69) is 15.0 Å². The maximum Gasteiger partial charge on any atom is 0.316 e. The van der Waals surface area contributed by atoms with Gasteiger partial charge in [0.25, 0.3) is 0 Å². The van der Waals surface area contributed by atoms with Crippen LogP contribution in [0.15, 0.2) is 36.7 Å². The number of pyridine rings is 1. The van der Waals surface area contributed by atoms with E-state index in [9.17, 15) is 4.79 Å². The number of rotatable bonds is 3. The molecule has 0 spiro atoms. The molecule has 5 nitrogen and oxygen atoms in total. The Kier molecular flexibility index (Phi) is 3.06. The highest BCUT2D eigenvalue weighted by Gasteiger charge is 2.32. The maximum atomic E-state index is 11.2. The van der Waals surface area contributed by atoms with Gasteiger partial charge >= 0.3 is 5.97 Å². The summed E-state index contributed by atoms with van der Waals surface area (Å²) < 4.78 is 0. The van der Waals surface area contributed by atoms with E-state index in [1.165, 1.54) is 0 Å². The van der Waals surface area contributed by atoms with Gasteiger partial charge in [-0.1, -0.05) is 6.07 Å². The van der Waals surface area contributed by atoms with Crippen molar-refractivity contribution in [1.82, 2.24) is 15.0 Å². The molecule has 0 atom stereocenters. The van der Waals surface area contributed by atoms with Gasteiger partial charge in [-0.05, 0) is 32.0 Å². The molecule has 0 bridgehead atoms. The average Bonchev–Trinajstić information content (AvgIpc) is 2.40. The summed E-state index contributed by atoms with van der Waals surface area (Å²) in [5.74, 6) is -0.682. The standard InChI is InChI=1S/C13H13N3O2/c1-13(2,12(17)18)11-15-8-6-10(16-11)9-5-3-4-7-14-9/h3-8H,1-2H3,(H,17,18). The Bertz CT molecular complexity index is 567. The minimum absolute atomic E-state index is 0.276. The normalized spacial score (nSPS) is 11.2. The lowest BCUT2D eigenvalue weighted by molar-refractivity contribution is -0.142. The molecule has 18 heavy (non-hydrogen) atoms. The number of hydrogen-bond donors (Lipinski definition) is 1. The molecule has 1 N–H and O–H groups in total. The van der Waals surface area contributed by atoms with Crippen LogP contribution in [0, 0.1) is 0 Å². The molecule has 0 unspecified atom stereocenters. The monoisotopic (exact) mass is 243 g/mol. The van der Waals surface area contributed by atoms with Crippen molar-refractivity contribution in [3.63, 3.8) is 0 Å². The minimum atomic E-state index is -1.12. The number of carbonyl (C=O) groups is 1. The third kappa shape index (κ3) is 2.20. The number of nitrogens with zero attached hydrogens (tertiary/aromatic N) is 3. The molecule has 0 amide bonds. The first kappa shape index (κ1) is 12.2.